The average Bonchev–Trinajstić information content (AvgIpc) is 2.96. The number of halogens is 3. The summed E-state index contributed by atoms with van der Waals surface area (Å²) in [5.41, 5.74) is 0.358. The number of thiazole rings is 1. The van der Waals surface area contributed by atoms with Gasteiger partial charge in [0.05, 0.1) is 5.01 Å². The van der Waals surface area contributed by atoms with E-state index in [1.54, 1.807) is 11.3 Å². The molecule has 8 heteroatoms. The number of aromatic nitrogens is 1. The van der Waals surface area contributed by atoms with Gasteiger partial charge in [-0.3, -0.25) is 4.99 Å². The Morgan fingerprint density at radius 1 is 1.24 bits per heavy atom. The predicted molar refractivity (Wildman–Crippen MR) is 110 cm³/mol. The Hall–Kier alpha value is -1.29. The Balaban J connectivity index is 0.00000312. The second-order valence-corrected chi connectivity index (χ2v) is 6.61. The molecule has 0 aliphatic carbocycles. The van der Waals surface area contributed by atoms with Crippen LogP contribution in [0, 0.1) is 18.6 Å². The van der Waals surface area contributed by atoms with Crippen molar-refractivity contribution in [2.24, 2.45) is 4.99 Å². The van der Waals surface area contributed by atoms with Gasteiger partial charge in [0, 0.05) is 37.1 Å². The second-order valence-electron chi connectivity index (χ2n) is 5.29. The molecule has 1 aromatic carbocycles. The van der Waals surface area contributed by atoms with Crippen molar-refractivity contribution in [1.29, 1.82) is 0 Å². The maximum atomic E-state index is 13.6. The van der Waals surface area contributed by atoms with Crippen molar-refractivity contribution in [1.82, 2.24) is 15.6 Å². The molecule has 2 aromatic rings. The molecule has 0 amide bonds. The van der Waals surface area contributed by atoms with Crippen LogP contribution in [0.2, 0.25) is 0 Å². The Morgan fingerprint density at radius 3 is 2.72 bits per heavy atom. The maximum Gasteiger partial charge on any atom is 0.191 e. The fourth-order valence-corrected chi connectivity index (χ4v) is 2.95. The fraction of sp³-hybridized carbons (Fsp3) is 0.412. The minimum absolute atomic E-state index is 0. The van der Waals surface area contributed by atoms with Crippen LogP contribution in [0.1, 0.15) is 22.4 Å². The first-order valence-electron chi connectivity index (χ1n) is 7.96. The number of rotatable bonds is 7. The lowest BCUT2D eigenvalue weighted by Gasteiger charge is -2.11. The Bertz CT molecular complexity index is 691. The van der Waals surface area contributed by atoms with Crippen LogP contribution in [0.25, 0.3) is 0 Å². The van der Waals surface area contributed by atoms with Crippen LogP contribution in [0.4, 0.5) is 8.78 Å². The van der Waals surface area contributed by atoms with Gasteiger partial charge in [-0.05, 0) is 44.0 Å². The normalized spacial score (nSPS) is 11.1. The first-order chi connectivity index (χ1) is 11.6. The molecule has 0 aliphatic rings. The number of nitrogens with zero attached hydrogens (tertiary/aromatic N) is 2. The third-order valence-corrected chi connectivity index (χ3v) is 4.28. The highest BCUT2D eigenvalue weighted by atomic mass is 127. The van der Waals surface area contributed by atoms with Gasteiger partial charge in [0.1, 0.15) is 11.6 Å². The van der Waals surface area contributed by atoms with Gasteiger partial charge in [-0.2, -0.15) is 0 Å². The fourth-order valence-electron chi connectivity index (χ4n) is 2.17. The van der Waals surface area contributed by atoms with Crippen molar-refractivity contribution in [2.45, 2.75) is 26.7 Å². The van der Waals surface area contributed by atoms with E-state index in [1.165, 1.54) is 10.9 Å². The van der Waals surface area contributed by atoms with Crippen LogP contribution >= 0.6 is 35.3 Å². The van der Waals surface area contributed by atoms with Gasteiger partial charge in [0.15, 0.2) is 5.96 Å². The zero-order valence-electron chi connectivity index (χ0n) is 14.3. The van der Waals surface area contributed by atoms with Gasteiger partial charge in [0.2, 0.25) is 0 Å². The number of hydrogen-bond acceptors (Lipinski definition) is 3. The lowest BCUT2D eigenvalue weighted by Crippen LogP contribution is -2.38. The maximum absolute atomic E-state index is 13.6. The number of aryl methyl sites for hydroxylation is 1. The van der Waals surface area contributed by atoms with E-state index in [9.17, 15) is 8.78 Å². The molecule has 0 atom stereocenters. The number of hydrogen-bond donors (Lipinski definition) is 2. The molecule has 0 saturated heterocycles. The molecule has 2 N–H and O–H groups in total. The topological polar surface area (TPSA) is 49.3 Å². The van der Waals surface area contributed by atoms with E-state index < -0.39 is 5.82 Å². The first kappa shape index (κ1) is 21.8. The summed E-state index contributed by atoms with van der Waals surface area (Å²) in [6, 6.07) is 3.50. The van der Waals surface area contributed by atoms with Crippen LogP contribution in [-0.4, -0.2) is 30.6 Å². The number of benzene rings is 1. The molecule has 1 heterocycles. The molecule has 0 spiro atoms. The van der Waals surface area contributed by atoms with Gasteiger partial charge >= 0.3 is 0 Å². The highest BCUT2D eigenvalue weighted by Crippen LogP contribution is 2.11. The Kier molecular flexibility index (Phi) is 9.88. The van der Waals surface area contributed by atoms with E-state index in [0.29, 0.717) is 31.0 Å². The standard InChI is InChI=1S/C17H22F2N4S.HI/c1-3-20-17(22-9-7-16-23-11-12(2)24-16)21-8-6-13-10-14(18)4-5-15(13)19;/h4-5,10-11H,3,6-9H2,1-2H3,(H2,20,21,22);1H. The number of aliphatic imine (C=N–C) groups is 1. The summed E-state index contributed by atoms with van der Waals surface area (Å²) in [6.07, 6.45) is 3.04. The summed E-state index contributed by atoms with van der Waals surface area (Å²) >= 11 is 1.67. The van der Waals surface area contributed by atoms with Crippen LogP contribution in [0.5, 0.6) is 0 Å². The molecule has 0 radical (unpaired) electrons. The summed E-state index contributed by atoms with van der Waals surface area (Å²) in [6.45, 7) is 5.84. The van der Waals surface area contributed by atoms with Gasteiger partial charge in [-0.1, -0.05) is 0 Å². The van der Waals surface area contributed by atoms with E-state index in [1.807, 2.05) is 20.0 Å². The minimum Gasteiger partial charge on any atom is -0.357 e. The highest BCUT2D eigenvalue weighted by molar-refractivity contribution is 14.0. The van der Waals surface area contributed by atoms with E-state index in [4.69, 9.17) is 0 Å². The highest BCUT2D eigenvalue weighted by Gasteiger charge is 2.05. The van der Waals surface area contributed by atoms with Crippen molar-refractivity contribution < 1.29 is 8.78 Å². The minimum atomic E-state index is -0.425. The molecule has 0 saturated carbocycles. The van der Waals surface area contributed by atoms with E-state index in [2.05, 4.69) is 20.6 Å². The van der Waals surface area contributed by atoms with Gasteiger partial charge < -0.3 is 10.6 Å². The summed E-state index contributed by atoms with van der Waals surface area (Å²) < 4.78 is 26.7. The summed E-state index contributed by atoms with van der Waals surface area (Å²) in [5, 5.41) is 7.34. The molecular formula is C17H23F2IN4S. The third-order valence-electron chi connectivity index (χ3n) is 3.30. The zero-order valence-corrected chi connectivity index (χ0v) is 17.5. The van der Waals surface area contributed by atoms with Crippen LogP contribution in [0.3, 0.4) is 0 Å². The molecule has 1 aromatic heterocycles. The van der Waals surface area contributed by atoms with Crippen molar-refractivity contribution in [3.05, 3.63) is 51.5 Å². The monoisotopic (exact) mass is 480 g/mol. The number of guanidine groups is 1. The lowest BCUT2D eigenvalue weighted by atomic mass is 10.1. The Labute approximate surface area is 168 Å². The molecule has 4 nitrogen and oxygen atoms in total. The third kappa shape index (κ3) is 7.64. The van der Waals surface area contributed by atoms with Crippen LogP contribution in [0.15, 0.2) is 29.4 Å². The van der Waals surface area contributed by atoms with Crippen molar-refractivity contribution in [2.75, 3.05) is 19.6 Å². The van der Waals surface area contributed by atoms with Crippen molar-refractivity contribution in [3.63, 3.8) is 0 Å². The first-order valence-corrected chi connectivity index (χ1v) is 8.77. The molecule has 25 heavy (non-hydrogen) atoms. The second kappa shape index (κ2) is 11.3. The van der Waals surface area contributed by atoms with E-state index in [0.717, 1.165) is 30.1 Å². The van der Waals surface area contributed by atoms with Gasteiger partial charge in [-0.25, -0.2) is 13.8 Å². The largest absolute Gasteiger partial charge is 0.357 e. The smallest absolute Gasteiger partial charge is 0.191 e. The van der Waals surface area contributed by atoms with E-state index >= 15 is 0 Å². The van der Waals surface area contributed by atoms with Crippen LogP contribution < -0.4 is 10.6 Å². The molecule has 0 aliphatic heterocycles. The van der Waals surface area contributed by atoms with E-state index in [-0.39, 0.29) is 29.8 Å². The molecule has 0 bridgehead atoms. The SMILES string of the molecule is CCNC(=NCCc1ncc(C)s1)NCCc1cc(F)ccc1F.I. The summed E-state index contributed by atoms with van der Waals surface area (Å²) in [7, 11) is 0. The van der Waals surface area contributed by atoms with Gasteiger partial charge in [-0.15, -0.1) is 35.3 Å². The average molecular weight is 480 g/mol. The summed E-state index contributed by atoms with van der Waals surface area (Å²) in [4.78, 5) is 9.98. The van der Waals surface area contributed by atoms with Crippen molar-refractivity contribution in [3.8, 4) is 0 Å². The summed E-state index contributed by atoms with van der Waals surface area (Å²) in [5.74, 6) is -0.146. The van der Waals surface area contributed by atoms with Crippen LogP contribution in [-0.2, 0) is 12.8 Å². The zero-order chi connectivity index (χ0) is 17.4. The molecule has 0 unspecified atom stereocenters. The van der Waals surface area contributed by atoms with Crippen molar-refractivity contribution >= 4 is 41.3 Å². The quantitative estimate of drug-likeness (QED) is 0.361. The Morgan fingerprint density at radius 2 is 2.04 bits per heavy atom. The predicted octanol–water partition coefficient (Wildman–Crippen LogP) is 3.69. The number of nitrogens with one attached hydrogen (secondary N) is 2. The molecule has 0 fully saturated rings. The lowest BCUT2D eigenvalue weighted by molar-refractivity contribution is 0.583. The van der Waals surface area contributed by atoms with Gasteiger partial charge in [0.25, 0.3) is 0 Å². The molecular weight excluding hydrogens is 457 g/mol. The molecule has 138 valence electrons. The molecule has 2 rings (SSSR count).